The Bertz CT molecular complexity index is 866. The number of carbonyl (C=O) groups is 1. The Morgan fingerprint density at radius 2 is 2.04 bits per heavy atom. The largest absolute Gasteiger partial charge is 0.507 e. The van der Waals surface area contributed by atoms with Gasteiger partial charge in [0.2, 0.25) is 11.8 Å². The topological polar surface area (TPSA) is 75.4 Å². The number of carbonyl (C=O) groups excluding carboxylic acids is 1. The van der Waals surface area contributed by atoms with Crippen molar-refractivity contribution in [2.75, 3.05) is 5.32 Å². The molecule has 2 N–H and O–H groups in total. The zero-order valence-electron chi connectivity index (χ0n) is 14.5. The third-order valence-electron chi connectivity index (χ3n) is 4.12. The van der Waals surface area contributed by atoms with Crippen LogP contribution in [-0.2, 0) is 4.79 Å². The lowest BCUT2D eigenvalue weighted by atomic mass is 10.1. The Morgan fingerprint density at radius 1 is 1.24 bits per heavy atom. The number of phenolic OH excluding ortho intramolecular Hbond substituents is 1. The lowest BCUT2D eigenvalue weighted by Crippen LogP contribution is -2.11. The van der Waals surface area contributed by atoms with Crippen LogP contribution in [0, 0.1) is 6.92 Å². The highest BCUT2D eigenvalue weighted by Crippen LogP contribution is 2.36. The minimum Gasteiger partial charge on any atom is -0.507 e. The Morgan fingerprint density at radius 3 is 2.80 bits per heavy atom. The van der Waals surface area contributed by atoms with Crippen molar-refractivity contribution < 1.29 is 14.3 Å². The molecule has 0 radical (unpaired) electrons. The number of para-hydroxylation sites is 2. The van der Waals surface area contributed by atoms with Crippen LogP contribution < -0.4 is 5.32 Å². The first-order chi connectivity index (χ1) is 12.1. The summed E-state index contributed by atoms with van der Waals surface area (Å²) in [5, 5.41) is 13.3. The number of anilines is 1. The Kier molecular flexibility index (Phi) is 5.03. The van der Waals surface area contributed by atoms with Crippen LogP contribution >= 0.6 is 0 Å². The van der Waals surface area contributed by atoms with E-state index in [1.54, 1.807) is 19.1 Å². The summed E-state index contributed by atoms with van der Waals surface area (Å²) in [6.07, 6.45) is 3.48. The highest BCUT2D eigenvalue weighted by atomic mass is 16.3. The lowest BCUT2D eigenvalue weighted by Gasteiger charge is -2.10. The Balaban J connectivity index is 1.89. The van der Waals surface area contributed by atoms with Crippen molar-refractivity contribution in [2.45, 2.75) is 39.5 Å². The second kappa shape index (κ2) is 7.38. The molecule has 0 aliphatic heterocycles. The molecule has 0 saturated heterocycles. The van der Waals surface area contributed by atoms with Gasteiger partial charge in [-0.15, -0.1) is 0 Å². The van der Waals surface area contributed by atoms with Crippen LogP contribution in [0.5, 0.6) is 5.75 Å². The number of unbranched alkanes of at least 4 members (excludes halogenated alkanes) is 2. The average Bonchev–Trinajstić information content (AvgIpc) is 3.02. The van der Waals surface area contributed by atoms with Crippen LogP contribution in [0.25, 0.3) is 22.6 Å². The first-order valence-electron chi connectivity index (χ1n) is 8.58. The summed E-state index contributed by atoms with van der Waals surface area (Å²) in [6, 6.07) is 10.9. The van der Waals surface area contributed by atoms with Crippen molar-refractivity contribution in [1.82, 2.24) is 4.98 Å². The molecule has 130 valence electrons. The summed E-state index contributed by atoms with van der Waals surface area (Å²) in [5.41, 5.74) is 3.14. The normalized spacial score (nSPS) is 11.0. The van der Waals surface area contributed by atoms with Gasteiger partial charge in [-0.3, -0.25) is 4.79 Å². The number of aryl methyl sites for hydroxylation is 1. The predicted octanol–water partition coefficient (Wildman–Crippen LogP) is 5.03. The number of aromatic nitrogens is 1. The van der Waals surface area contributed by atoms with Gasteiger partial charge in [-0.25, -0.2) is 4.98 Å². The second-order valence-corrected chi connectivity index (χ2v) is 6.18. The lowest BCUT2D eigenvalue weighted by molar-refractivity contribution is -0.116. The number of aromatic hydroxyl groups is 1. The molecule has 0 unspecified atom stereocenters. The zero-order chi connectivity index (χ0) is 17.8. The number of benzene rings is 2. The molecular weight excluding hydrogens is 316 g/mol. The van der Waals surface area contributed by atoms with Crippen LogP contribution in [0.15, 0.2) is 40.8 Å². The van der Waals surface area contributed by atoms with Crippen LogP contribution in [0.4, 0.5) is 5.69 Å². The number of nitrogens with zero attached hydrogens (tertiary/aromatic N) is 1. The number of rotatable bonds is 6. The predicted molar refractivity (Wildman–Crippen MR) is 98.6 cm³/mol. The fourth-order valence-corrected chi connectivity index (χ4v) is 2.76. The fraction of sp³-hybridized carbons (Fsp3) is 0.300. The molecule has 5 heteroatoms. The van der Waals surface area contributed by atoms with E-state index >= 15 is 0 Å². The van der Waals surface area contributed by atoms with E-state index in [2.05, 4.69) is 17.2 Å². The number of fused-ring (bicyclic) bond motifs is 1. The zero-order valence-corrected chi connectivity index (χ0v) is 14.5. The Labute approximate surface area is 146 Å². The van der Waals surface area contributed by atoms with Crippen molar-refractivity contribution in [2.24, 2.45) is 0 Å². The molecule has 3 aromatic rings. The molecular formula is C20H22N2O3. The number of oxazole rings is 1. The molecule has 1 amide bonds. The quantitative estimate of drug-likeness (QED) is 0.488. The maximum Gasteiger partial charge on any atom is 0.231 e. The van der Waals surface area contributed by atoms with Crippen LogP contribution in [0.2, 0.25) is 0 Å². The highest BCUT2D eigenvalue weighted by molar-refractivity contribution is 5.92. The molecule has 0 spiro atoms. The fourth-order valence-electron chi connectivity index (χ4n) is 2.76. The molecule has 3 rings (SSSR count). The molecule has 0 atom stereocenters. The van der Waals surface area contributed by atoms with E-state index in [9.17, 15) is 9.90 Å². The molecule has 25 heavy (non-hydrogen) atoms. The molecule has 2 aromatic carbocycles. The van der Waals surface area contributed by atoms with Gasteiger partial charge < -0.3 is 14.8 Å². The second-order valence-electron chi connectivity index (χ2n) is 6.18. The monoisotopic (exact) mass is 338 g/mol. The maximum atomic E-state index is 12.1. The number of phenols is 1. The third kappa shape index (κ3) is 3.82. The summed E-state index contributed by atoms with van der Waals surface area (Å²) in [4.78, 5) is 16.5. The molecule has 1 heterocycles. The van der Waals surface area contributed by atoms with E-state index in [0.717, 1.165) is 24.8 Å². The van der Waals surface area contributed by atoms with Crippen molar-refractivity contribution >= 4 is 22.7 Å². The van der Waals surface area contributed by atoms with Gasteiger partial charge in [0.15, 0.2) is 5.58 Å². The van der Waals surface area contributed by atoms with E-state index < -0.39 is 0 Å². The van der Waals surface area contributed by atoms with Crippen molar-refractivity contribution in [3.63, 3.8) is 0 Å². The SMILES string of the molecule is CCCCCC(=O)Nc1cc(C)c(O)c(-c2nc3ccccc3o2)c1. The van der Waals surface area contributed by atoms with E-state index in [0.29, 0.717) is 34.7 Å². The van der Waals surface area contributed by atoms with Crippen molar-refractivity contribution in [1.29, 1.82) is 0 Å². The molecule has 0 saturated carbocycles. The molecule has 5 nitrogen and oxygen atoms in total. The van der Waals surface area contributed by atoms with Gasteiger partial charge in [0.05, 0.1) is 5.56 Å². The first kappa shape index (κ1) is 17.0. The van der Waals surface area contributed by atoms with Gasteiger partial charge in [0.25, 0.3) is 0 Å². The molecule has 0 aliphatic rings. The summed E-state index contributed by atoms with van der Waals surface area (Å²) < 4.78 is 5.75. The summed E-state index contributed by atoms with van der Waals surface area (Å²) in [6.45, 7) is 3.89. The van der Waals surface area contributed by atoms with Gasteiger partial charge in [0.1, 0.15) is 11.3 Å². The van der Waals surface area contributed by atoms with E-state index in [4.69, 9.17) is 4.42 Å². The molecule has 0 fully saturated rings. The number of amides is 1. The summed E-state index contributed by atoms with van der Waals surface area (Å²) in [7, 11) is 0. The summed E-state index contributed by atoms with van der Waals surface area (Å²) in [5.74, 6) is 0.418. The van der Waals surface area contributed by atoms with E-state index in [1.807, 2.05) is 24.3 Å². The minimum absolute atomic E-state index is 0.0259. The maximum absolute atomic E-state index is 12.1. The van der Waals surface area contributed by atoms with E-state index in [-0.39, 0.29) is 11.7 Å². The molecule has 1 aromatic heterocycles. The van der Waals surface area contributed by atoms with Crippen LogP contribution in [0.3, 0.4) is 0 Å². The van der Waals surface area contributed by atoms with Gasteiger partial charge in [-0.05, 0) is 43.2 Å². The minimum atomic E-state index is -0.0259. The first-order valence-corrected chi connectivity index (χ1v) is 8.58. The number of hydrogen-bond donors (Lipinski definition) is 2. The molecule has 0 bridgehead atoms. The van der Waals surface area contributed by atoms with Crippen molar-refractivity contribution in [3.8, 4) is 17.2 Å². The van der Waals surface area contributed by atoms with Crippen molar-refractivity contribution in [3.05, 3.63) is 42.0 Å². The van der Waals surface area contributed by atoms with Gasteiger partial charge in [-0.2, -0.15) is 0 Å². The third-order valence-corrected chi connectivity index (χ3v) is 4.12. The smallest absolute Gasteiger partial charge is 0.231 e. The Hall–Kier alpha value is -2.82. The van der Waals surface area contributed by atoms with Gasteiger partial charge in [-0.1, -0.05) is 31.9 Å². The van der Waals surface area contributed by atoms with E-state index in [1.165, 1.54) is 0 Å². The number of nitrogens with one attached hydrogen (secondary N) is 1. The average molecular weight is 338 g/mol. The van der Waals surface area contributed by atoms with Crippen LogP contribution in [0.1, 0.15) is 38.2 Å². The molecule has 0 aliphatic carbocycles. The standard InChI is InChI=1S/C20H22N2O3/c1-3-4-5-10-18(23)21-14-11-13(2)19(24)15(12-14)20-22-16-8-6-7-9-17(16)25-20/h6-9,11-12,24H,3-5,10H2,1-2H3,(H,21,23). The van der Waals surface area contributed by atoms with Gasteiger partial charge >= 0.3 is 0 Å². The number of hydrogen-bond acceptors (Lipinski definition) is 4. The van der Waals surface area contributed by atoms with Crippen LogP contribution in [-0.4, -0.2) is 16.0 Å². The summed E-state index contributed by atoms with van der Waals surface area (Å²) >= 11 is 0. The highest BCUT2D eigenvalue weighted by Gasteiger charge is 2.16. The van der Waals surface area contributed by atoms with Gasteiger partial charge in [0, 0.05) is 12.1 Å².